The SMILES string of the molecule is CC#CC1(O)CC[C@@]2(C)C(=CC[C@@H]3[C@H]2CC[C@]2(C)C(OCOC)CC[C@@H]32)C1. The summed E-state index contributed by atoms with van der Waals surface area (Å²) in [5.41, 5.74) is 1.22. The van der Waals surface area contributed by atoms with Crippen LogP contribution in [0.3, 0.4) is 0 Å². The van der Waals surface area contributed by atoms with Crippen LogP contribution in [0.1, 0.15) is 72.1 Å². The van der Waals surface area contributed by atoms with Gasteiger partial charge in [-0.15, -0.1) is 5.92 Å². The molecule has 150 valence electrons. The van der Waals surface area contributed by atoms with Crippen molar-refractivity contribution < 1.29 is 14.6 Å². The Hall–Kier alpha value is -0.820. The number of aliphatic hydroxyl groups is 1. The van der Waals surface area contributed by atoms with Crippen LogP contribution in [0, 0.1) is 40.4 Å². The molecule has 0 aliphatic heterocycles. The molecule has 0 aromatic carbocycles. The van der Waals surface area contributed by atoms with E-state index in [1.807, 2.05) is 6.92 Å². The molecule has 3 saturated carbocycles. The molecule has 0 radical (unpaired) electrons. The monoisotopic (exact) mass is 372 g/mol. The van der Waals surface area contributed by atoms with Crippen LogP contribution in [0.25, 0.3) is 0 Å². The molecule has 27 heavy (non-hydrogen) atoms. The van der Waals surface area contributed by atoms with Crippen LogP contribution < -0.4 is 0 Å². The molecule has 4 rings (SSSR count). The lowest BCUT2D eigenvalue weighted by Gasteiger charge is -2.58. The highest BCUT2D eigenvalue weighted by Gasteiger charge is 2.59. The number of hydrogen-bond donors (Lipinski definition) is 1. The van der Waals surface area contributed by atoms with Gasteiger partial charge in [-0.05, 0) is 80.5 Å². The second-order valence-corrected chi connectivity index (χ2v) is 10.0. The van der Waals surface area contributed by atoms with E-state index in [-0.39, 0.29) is 5.41 Å². The Morgan fingerprint density at radius 3 is 2.70 bits per heavy atom. The maximum atomic E-state index is 10.9. The largest absolute Gasteiger partial charge is 0.377 e. The fraction of sp³-hybridized carbons (Fsp3) is 0.833. The van der Waals surface area contributed by atoms with Crippen molar-refractivity contribution in [1.82, 2.24) is 0 Å². The van der Waals surface area contributed by atoms with Gasteiger partial charge in [-0.1, -0.05) is 31.4 Å². The first-order valence-corrected chi connectivity index (χ1v) is 10.8. The molecule has 3 heteroatoms. The molecular weight excluding hydrogens is 336 g/mol. The van der Waals surface area contributed by atoms with Gasteiger partial charge in [0.15, 0.2) is 0 Å². The van der Waals surface area contributed by atoms with Crippen molar-refractivity contribution in [2.24, 2.45) is 28.6 Å². The van der Waals surface area contributed by atoms with E-state index in [2.05, 4.69) is 31.8 Å². The molecule has 3 fully saturated rings. The summed E-state index contributed by atoms with van der Waals surface area (Å²) < 4.78 is 11.3. The van der Waals surface area contributed by atoms with E-state index in [4.69, 9.17) is 9.47 Å². The third kappa shape index (κ3) is 3.00. The fourth-order valence-electron chi connectivity index (χ4n) is 7.36. The molecule has 1 N–H and O–H groups in total. The topological polar surface area (TPSA) is 38.7 Å². The standard InChI is InChI=1S/C24H36O3/c1-5-11-24(25)14-13-22(2)17(15-24)6-7-18-19-8-9-21(27-16-26-4)23(19,3)12-10-20(18)22/h6,18-21,25H,7-10,12-16H2,1-4H3/t18-,19-,20+,21?,22-,23-,24?/m0/s1. The van der Waals surface area contributed by atoms with Crippen molar-refractivity contribution in [1.29, 1.82) is 0 Å². The van der Waals surface area contributed by atoms with Gasteiger partial charge in [-0.2, -0.15) is 0 Å². The minimum atomic E-state index is -0.803. The predicted octanol–water partition coefficient (Wildman–Crippen LogP) is 4.69. The minimum Gasteiger partial charge on any atom is -0.377 e. The Morgan fingerprint density at radius 2 is 1.96 bits per heavy atom. The normalized spacial score (nSPS) is 48.6. The van der Waals surface area contributed by atoms with E-state index in [0.717, 1.165) is 37.0 Å². The minimum absolute atomic E-state index is 0.247. The van der Waals surface area contributed by atoms with E-state index in [9.17, 15) is 5.11 Å². The van der Waals surface area contributed by atoms with Crippen molar-refractivity contribution in [3.05, 3.63) is 11.6 Å². The average Bonchev–Trinajstić information content (AvgIpc) is 2.97. The quantitative estimate of drug-likeness (QED) is 0.444. The van der Waals surface area contributed by atoms with Crippen molar-refractivity contribution in [2.45, 2.75) is 83.8 Å². The molecule has 0 heterocycles. The molecule has 0 aromatic rings. The lowest BCUT2D eigenvalue weighted by molar-refractivity contribution is -0.136. The molecule has 0 spiro atoms. The Kier molecular flexibility index (Phi) is 4.98. The molecule has 0 aromatic heterocycles. The van der Waals surface area contributed by atoms with Gasteiger partial charge in [0.1, 0.15) is 12.4 Å². The number of methoxy groups -OCH3 is 1. The van der Waals surface area contributed by atoms with Crippen molar-refractivity contribution in [3.8, 4) is 11.8 Å². The number of ether oxygens (including phenoxy) is 2. The van der Waals surface area contributed by atoms with Crippen LogP contribution in [-0.2, 0) is 9.47 Å². The van der Waals surface area contributed by atoms with Crippen LogP contribution in [-0.4, -0.2) is 30.7 Å². The highest BCUT2D eigenvalue weighted by Crippen LogP contribution is 2.65. The lowest BCUT2D eigenvalue weighted by Crippen LogP contribution is -2.52. The highest BCUT2D eigenvalue weighted by atomic mass is 16.7. The smallest absolute Gasteiger partial charge is 0.146 e. The van der Waals surface area contributed by atoms with Crippen molar-refractivity contribution >= 4 is 0 Å². The van der Waals surface area contributed by atoms with Gasteiger partial charge >= 0.3 is 0 Å². The molecule has 0 saturated heterocycles. The second-order valence-electron chi connectivity index (χ2n) is 10.0. The average molecular weight is 373 g/mol. The zero-order chi connectivity index (χ0) is 19.3. The van der Waals surface area contributed by atoms with Gasteiger partial charge in [0.25, 0.3) is 0 Å². The third-order valence-electron chi connectivity index (χ3n) is 8.82. The summed E-state index contributed by atoms with van der Waals surface area (Å²) in [6, 6.07) is 0. The Bertz CT molecular complexity index is 673. The van der Waals surface area contributed by atoms with Crippen molar-refractivity contribution in [2.75, 3.05) is 13.9 Å². The lowest BCUT2D eigenvalue weighted by atomic mass is 9.47. The summed E-state index contributed by atoms with van der Waals surface area (Å²) in [7, 11) is 1.72. The summed E-state index contributed by atoms with van der Waals surface area (Å²) in [6.07, 6.45) is 11.6. The third-order valence-corrected chi connectivity index (χ3v) is 8.82. The molecule has 4 aliphatic rings. The molecule has 0 amide bonds. The summed E-state index contributed by atoms with van der Waals surface area (Å²) >= 11 is 0. The maximum absolute atomic E-state index is 10.9. The van der Waals surface area contributed by atoms with Crippen LogP contribution in [0.2, 0.25) is 0 Å². The molecular formula is C24H36O3. The first-order chi connectivity index (χ1) is 12.9. The van der Waals surface area contributed by atoms with E-state index >= 15 is 0 Å². The van der Waals surface area contributed by atoms with Gasteiger partial charge < -0.3 is 14.6 Å². The van der Waals surface area contributed by atoms with Gasteiger partial charge in [-0.3, -0.25) is 0 Å². The zero-order valence-corrected chi connectivity index (χ0v) is 17.5. The van der Waals surface area contributed by atoms with Crippen LogP contribution >= 0.6 is 0 Å². The van der Waals surface area contributed by atoms with E-state index in [1.165, 1.54) is 37.7 Å². The van der Waals surface area contributed by atoms with E-state index < -0.39 is 5.60 Å². The van der Waals surface area contributed by atoms with Crippen LogP contribution in [0.5, 0.6) is 0 Å². The zero-order valence-electron chi connectivity index (χ0n) is 17.5. The highest BCUT2D eigenvalue weighted by molar-refractivity contribution is 5.31. The first-order valence-electron chi connectivity index (χ1n) is 10.8. The van der Waals surface area contributed by atoms with Gasteiger partial charge in [-0.25, -0.2) is 0 Å². The number of rotatable bonds is 3. The summed E-state index contributed by atoms with van der Waals surface area (Å²) in [5.74, 6) is 8.30. The Labute approximate surface area is 164 Å². The van der Waals surface area contributed by atoms with Gasteiger partial charge in [0.05, 0.1) is 6.10 Å². The van der Waals surface area contributed by atoms with Gasteiger partial charge in [0, 0.05) is 13.5 Å². The summed E-state index contributed by atoms with van der Waals surface area (Å²) in [4.78, 5) is 0. The van der Waals surface area contributed by atoms with E-state index in [1.54, 1.807) is 7.11 Å². The number of hydrogen-bond acceptors (Lipinski definition) is 3. The number of fused-ring (bicyclic) bond motifs is 5. The van der Waals surface area contributed by atoms with Crippen LogP contribution in [0.15, 0.2) is 11.6 Å². The Balaban J connectivity index is 1.58. The molecule has 2 unspecified atom stereocenters. The molecule has 4 aliphatic carbocycles. The van der Waals surface area contributed by atoms with Gasteiger partial charge in [0.2, 0.25) is 0 Å². The number of allylic oxidation sites excluding steroid dienone is 1. The molecule has 3 nitrogen and oxygen atoms in total. The van der Waals surface area contributed by atoms with E-state index in [0.29, 0.717) is 18.3 Å². The first kappa shape index (κ1) is 19.5. The fourth-order valence-corrected chi connectivity index (χ4v) is 7.36. The molecule has 7 atom stereocenters. The summed E-state index contributed by atoms with van der Waals surface area (Å²) in [5, 5.41) is 10.9. The predicted molar refractivity (Wildman–Crippen MR) is 107 cm³/mol. The Morgan fingerprint density at radius 1 is 1.15 bits per heavy atom. The molecule has 0 bridgehead atoms. The second kappa shape index (κ2) is 6.90. The maximum Gasteiger partial charge on any atom is 0.146 e. The summed E-state index contributed by atoms with van der Waals surface area (Å²) in [6.45, 7) is 7.20. The van der Waals surface area contributed by atoms with Crippen molar-refractivity contribution in [3.63, 3.8) is 0 Å². The van der Waals surface area contributed by atoms with Crippen LogP contribution in [0.4, 0.5) is 0 Å².